The van der Waals surface area contributed by atoms with Crippen LogP contribution in [-0.4, -0.2) is 37.5 Å². The molecule has 0 radical (unpaired) electrons. The van der Waals surface area contributed by atoms with Crippen LogP contribution in [0.4, 0.5) is 0 Å². The summed E-state index contributed by atoms with van der Waals surface area (Å²) in [5.74, 6) is 0.140. The van der Waals surface area contributed by atoms with Crippen LogP contribution in [-0.2, 0) is 11.3 Å². The Morgan fingerprint density at radius 3 is 2.96 bits per heavy atom. The maximum absolute atomic E-state index is 12.3. The highest BCUT2D eigenvalue weighted by atomic mass is 35.5. The predicted molar refractivity (Wildman–Crippen MR) is 88.1 cm³/mol. The molecule has 0 N–H and O–H groups in total. The number of carbonyl (C=O) groups excluding carboxylic acids is 1. The maximum Gasteiger partial charge on any atom is 0.219 e. The van der Waals surface area contributed by atoms with Gasteiger partial charge in [-0.15, -0.1) is 0 Å². The Morgan fingerprint density at radius 2 is 2.30 bits per heavy atom. The molecule has 0 spiro atoms. The average molecular weight is 368 g/mol. The van der Waals surface area contributed by atoms with Crippen molar-refractivity contribution in [3.63, 3.8) is 0 Å². The van der Waals surface area contributed by atoms with E-state index in [2.05, 4.69) is 16.2 Å². The number of aliphatic imine (C=N–C) groups is 1. The van der Waals surface area contributed by atoms with Gasteiger partial charge < -0.3 is 4.90 Å². The lowest BCUT2D eigenvalue weighted by Gasteiger charge is -2.26. The number of halogens is 2. The first-order valence-electron chi connectivity index (χ1n) is 7.11. The van der Waals surface area contributed by atoms with E-state index in [-0.39, 0.29) is 23.0 Å². The van der Waals surface area contributed by atoms with Gasteiger partial charge in [-0.05, 0) is 24.3 Å². The van der Waals surface area contributed by atoms with E-state index in [1.54, 1.807) is 10.7 Å². The number of nitriles is 1. The van der Waals surface area contributed by atoms with Crippen molar-refractivity contribution < 1.29 is 4.79 Å². The van der Waals surface area contributed by atoms with Crippen molar-refractivity contribution in [1.82, 2.24) is 14.7 Å². The van der Waals surface area contributed by atoms with E-state index in [0.29, 0.717) is 28.6 Å². The number of nitrogens with zero attached hydrogens (tertiary/aromatic N) is 5. The first-order valence-corrected chi connectivity index (χ1v) is 8.68. The smallest absolute Gasteiger partial charge is 0.219 e. The fourth-order valence-corrected chi connectivity index (χ4v) is 4.48. The zero-order chi connectivity index (χ0) is 16.1. The van der Waals surface area contributed by atoms with Crippen LogP contribution in [0.15, 0.2) is 22.8 Å². The molecule has 9 heteroatoms. The fraction of sp³-hybridized carbons (Fsp3) is 0.429. The van der Waals surface area contributed by atoms with Gasteiger partial charge in [-0.3, -0.25) is 4.79 Å². The summed E-state index contributed by atoms with van der Waals surface area (Å²) in [6.07, 6.45) is 2.76. The van der Waals surface area contributed by atoms with Crippen molar-refractivity contribution in [3.8, 4) is 6.07 Å². The van der Waals surface area contributed by atoms with E-state index in [4.69, 9.17) is 28.5 Å². The van der Waals surface area contributed by atoms with Crippen LogP contribution < -0.4 is 0 Å². The van der Waals surface area contributed by atoms with Gasteiger partial charge in [-0.1, -0.05) is 23.2 Å². The molecule has 1 aromatic rings. The number of hydrogen-bond donors (Lipinski definition) is 0. The molecule has 1 aromatic heterocycles. The third-order valence-corrected chi connectivity index (χ3v) is 5.64. The monoisotopic (exact) mass is 367 g/mol. The summed E-state index contributed by atoms with van der Waals surface area (Å²) >= 11 is 13.0. The topological polar surface area (TPSA) is 74.3 Å². The predicted octanol–water partition coefficient (Wildman–Crippen LogP) is 2.55. The summed E-state index contributed by atoms with van der Waals surface area (Å²) in [4.78, 5) is 18.8. The molecule has 0 amide bonds. The molecule has 1 aliphatic carbocycles. The number of amidine groups is 1. The Hall–Kier alpha value is -1.49. The Labute approximate surface area is 146 Å². The summed E-state index contributed by atoms with van der Waals surface area (Å²) in [6.45, 7) is 1.02. The molecule has 3 aliphatic rings. The molecule has 1 saturated carbocycles. The molecule has 0 bridgehead atoms. The van der Waals surface area contributed by atoms with Gasteiger partial charge in [0.1, 0.15) is 11.2 Å². The van der Waals surface area contributed by atoms with E-state index < -0.39 is 0 Å². The van der Waals surface area contributed by atoms with Crippen LogP contribution in [0.2, 0.25) is 10.3 Å². The molecule has 3 heterocycles. The molecule has 6 nitrogen and oxygen atoms in total. The van der Waals surface area contributed by atoms with Crippen molar-refractivity contribution in [2.75, 3.05) is 6.54 Å². The van der Waals surface area contributed by atoms with Crippen LogP contribution in [0, 0.1) is 23.2 Å². The van der Waals surface area contributed by atoms with Crippen molar-refractivity contribution in [2.24, 2.45) is 16.8 Å². The Bertz CT molecular complexity index is 796. The van der Waals surface area contributed by atoms with Crippen molar-refractivity contribution in [2.45, 2.75) is 19.0 Å². The zero-order valence-electron chi connectivity index (χ0n) is 11.8. The average Bonchev–Trinajstić information content (AvgIpc) is 3.11. The van der Waals surface area contributed by atoms with Gasteiger partial charge in [0, 0.05) is 18.5 Å². The van der Waals surface area contributed by atoms with Gasteiger partial charge in [0.05, 0.1) is 24.2 Å². The number of allylic oxidation sites excluding steroid dienone is 1. The Balaban J connectivity index is 1.51. The Kier molecular flexibility index (Phi) is 3.63. The van der Waals surface area contributed by atoms with E-state index in [9.17, 15) is 4.79 Å². The minimum Gasteiger partial charge on any atom is -0.336 e. The number of thioether (sulfide) groups is 1. The molecule has 0 aromatic carbocycles. The first-order chi connectivity index (χ1) is 11.1. The summed E-state index contributed by atoms with van der Waals surface area (Å²) in [5, 5.41) is 14.7. The van der Waals surface area contributed by atoms with Crippen LogP contribution in [0.25, 0.3) is 0 Å². The minimum atomic E-state index is -0.219. The summed E-state index contributed by atoms with van der Waals surface area (Å²) in [5.41, 5.74) is 0.798. The summed E-state index contributed by atoms with van der Waals surface area (Å²) in [7, 11) is 0. The molecular weight excluding hydrogens is 357 g/mol. The second-order valence-corrected chi connectivity index (χ2v) is 7.44. The SMILES string of the molecule is N#CC1CC1C1C(=O)SC2=NC(Cn3nc(Cl)cc3Cl)=CCN21. The van der Waals surface area contributed by atoms with E-state index >= 15 is 0 Å². The second kappa shape index (κ2) is 5.55. The maximum atomic E-state index is 12.3. The highest BCUT2D eigenvalue weighted by molar-refractivity contribution is 8.26. The third-order valence-electron chi connectivity index (χ3n) is 4.20. The number of carbonyl (C=O) groups is 1. The highest BCUT2D eigenvalue weighted by Crippen LogP contribution is 2.47. The number of fused-ring (bicyclic) bond motifs is 1. The minimum absolute atomic E-state index is 0.000649. The van der Waals surface area contributed by atoms with E-state index in [1.807, 2.05) is 11.0 Å². The summed E-state index contributed by atoms with van der Waals surface area (Å²) < 4.78 is 1.57. The van der Waals surface area contributed by atoms with Crippen LogP contribution in [0.3, 0.4) is 0 Å². The lowest BCUT2D eigenvalue weighted by atomic mass is 10.1. The standard InChI is InChI=1S/C14H11Cl2N5OS/c15-10-4-11(16)21(19-10)6-8-1-2-20-12(9-3-7(9)5-17)13(22)23-14(20)18-8/h1,4,7,9,12H,2-3,6H2. The van der Waals surface area contributed by atoms with Crippen molar-refractivity contribution in [1.29, 1.82) is 5.26 Å². The molecule has 3 atom stereocenters. The van der Waals surface area contributed by atoms with Crippen molar-refractivity contribution >= 4 is 45.2 Å². The number of hydrogen-bond acceptors (Lipinski definition) is 6. The lowest BCUT2D eigenvalue weighted by molar-refractivity contribution is -0.114. The zero-order valence-corrected chi connectivity index (χ0v) is 14.1. The first kappa shape index (κ1) is 15.1. The highest BCUT2D eigenvalue weighted by Gasteiger charge is 2.53. The van der Waals surface area contributed by atoms with Gasteiger partial charge in [0.15, 0.2) is 10.3 Å². The molecule has 23 heavy (non-hydrogen) atoms. The van der Waals surface area contributed by atoms with E-state index in [0.717, 1.165) is 23.9 Å². The molecule has 1 saturated heterocycles. The normalized spacial score (nSPS) is 29.0. The molecule has 2 aliphatic heterocycles. The van der Waals surface area contributed by atoms with Gasteiger partial charge in [0.25, 0.3) is 0 Å². The van der Waals surface area contributed by atoms with Gasteiger partial charge in [-0.25, -0.2) is 9.67 Å². The molecule has 4 rings (SSSR count). The van der Waals surface area contributed by atoms with E-state index in [1.165, 1.54) is 0 Å². The van der Waals surface area contributed by atoms with Gasteiger partial charge in [0.2, 0.25) is 5.12 Å². The van der Waals surface area contributed by atoms with Crippen LogP contribution in [0.5, 0.6) is 0 Å². The van der Waals surface area contributed by atoms with Crippen LogP contribution >= 0.6 is 35.0 Å². The van der Waals surface area contributed by atoms with Gasteiger partial charge >= 0.3 is 0 Å². The quantitative estimate of drug-likeness (QED) is 0.820. The van der Waals surface area contributed by atoms with Gasteiger partial charge in [-0.2, -0.15) is 10.4 Å². The lowest BCUT2D eigenvalue weighted by Crippen LogP contribution is -2.39. The molecule has 118 valence electrons. The molecule has 2 fully saturated rings. The molecular formula is C14H11Cl2N5OS. The fourth-order valence-electron chi connectivity index (χ4n) is 2.95. The third kappa shape index (κ3) is 2.65. The van der Waals surface area contributed by atoms with Crippen LogP contribution in [0.1, 0.15) is 6.42 Å². The van der Waals surface area contributed by atoms with Crippen molar-refractivity contribution in [3.05, 3.63) is 28.1 Å². The summed E-state index contributed by atoms with van der Waals surface area (Å²) in [6, 6.07) is 3.61. The number of aromatic nitrogens is 2. The largest absolute Gasteiger partial charge is 0.336 e. The molecule has 3 unspecified atom stereocenters. The second-order valence-electron chi connectivity index (χ2n) is 5.69. The Morgan fingerprint density at radius 1 is 1.48 bits per heavy atom. The number of rotatable bonds is 3.